The second kappa shape index (κ2) is 8.49. The van der Waals surface area contributed by atoms with E-state index in [1.54, 1.807) is 24.4 Å². The first-order valence-corrected chi connectivity index (χ1v) is 6.47. The number of aliphatic imine (C=N–C) groups is 1. The van der Waals surface area contributed by atoms with Crippen LogP contribution in [0.4, 0.5) is 0 Å². The highest BCUT2D eigenvalue weighted by Crippen LogP contribution is 2.04. The van der Waals surface area contributed by atoms with Crippen LogP contribution in [0.5, 0.6) is 0 Å². The molecule has 3 nitrogen and oxygen atoms in total. The second-order valence-electron chi connectivity index (χ2n) is 4.20. The van der Waals surface area contributed by atoms with E-state index in [2.05, 4.69) is 36.5 Å². The molecule has 0 unspecified atom stereocenters. The Balaban J connectivity index is 2.80. The Hall–Kier alpha value is -2.60. The first-order valence-electron chi connectivity index (χ1n) is 6.47. The molecule has 0 aromatic carbocycles. The molecule has 0 amide bonds. The number of nitriles is 1. The lowest BCUT2D eigenvalue weighted by atomic mass is 10.1. The van der Waals surface area contributed by atoms with Crippen LogP contribution in [-0.4, -0.2) is 12.4 Å². The lowest BCUT2D eigenvalue weighted by Gasteiger charge is -2.06. The molecule has 0 saturated carbocycles. The van der Waals surface area contributed by atoms with Crippen LogP contribution in [0.2, 0.25) is 0 Å². The highest BCUT2D eigenvalue weighted by Gasteiger charge is 1.99. The van der Waals surface area contributed by atoms with Crippen molar-refractivity contribution in [1.29, 1.82) is 5.26 Å². The average molecular weight is 265 g/mol. The van der Waals surface area contributed by atoms with Gasteiger partial charge in [0.05, 0.1) is 18.2 Å². The monoisotopic (exact) mass is 265 g/mol. The summed E-state index contributed by atoms with van der Waals surface area (Å²) in [7, 11) is 0. The minimum absolute atomic E-state index is 0.497. The summed E-state index contributed by atoms with van der Waals surface area (Å²) in [6.07, 6.45) is 13.6. The third-order valence-corrected chi connectivity index (χ3v) is 2.65. The third kappa shape index (κ3) is 5.36. The Morgan fingerprint density at radius 3 is 3.00 bits per heavy atom. The Labute approximate surface area is 120 Å². The smallest absolute Gasteiger partial charge is 0.131 e. The van der Waals surface area contributed by atoms with Gasteiger partial charge in [-0.2, -0.15) is 5.26 Å². The number of allylic oxidation sites excluding steroid dienone is 6. The van der Waals surface area contributed by atoms with E-state index in [9.17, 15) is 0 Å². The molecule has 1 aliphatic rings. The number of nitrogens with zero attached hydrogens (tertiary/aromatic N) is 2. The summed E-state index contributed by atoms with van der Waals surface area (Å²) in [4.78, 5) is 4.41. The lowest BCUT2D eigenvalue weighted by Crippen LogP contribution is -2.19. The topological polar surface area (TPSA) is 48.2 Å². The molecule has 0 atom stereocenters. The molecule has 0 spiro atoms. The first kappa shape index (κ1) is 15.5. The minimum Gasteiger partial charge on any atom is -0.346 e. The van der Waals surface area contributed by atoms with Crippen LogP contribution in [0.1, 0.15) is 13.3 Å². The van der Waals surface area contributed by atoms with Crippen molar-refractivity contribution in [2.24, 2.45) is 4.99 Å². The summed E-state index contributed by atoms with van der Waals surface area (Å²) >= 11 is 0. The Morgan fingerprint density at radius 1 is 1.50 bits per heavy atom. The molecule has 1 N–H and O–H groups in total. The Kier molecular flexibility index (Phi) is 6.56. The molecule has 20 heavy (non-hydrogen) atoms. The zero-order valence-electron chi connectivity index (χ0n) is 11.8. The summed E-state index contributed by atoms with van der Waals surface area (Å²) in [5.41, 5.74) is 2.44. The van der Waals surface area contributed by atoms with Crippen LogP contribution in [0.25, 0.3) is 0 Å². The van der Waals surface area contributed by atoms with Gasteiger partial charge >= 0.3 is 0 Å². The van der Waals surface area contributed by atoms with Crippen molar-refractivity contribution in [2.45, 2.75) is 13.3 Å². The van der Waals surface area contributed by atoms with Gasteiger partial charge in [0.25, 0.3) is 0 Å². The van der Waals surface area contributed by atoms with E-state index in [1.807, 2.05) is 18.2 Å². The van der Waals surface area contributed by atoms with Crippen molar-refractivity contribution in [3.05, 3.63) is 72.5 Å². The largest absolute Gasteiger partial charge is 0.346 e. The molecule has 0 aromatic rings. The average Bonchev–Trinajstić information content (AvgIpc) is 2.49. The van der Waals surface area contributed by atoms with Crippen molar-refractivity contribution in [1.82, 2.24) is 5.32 Å². The molecule has 1 heterocycles. The highest BCUT2D eigenvalue weighted by atomic mass is 15.0. The van der Waals surface area contributed by atoms with Crippen molar-refractivity contribution in [2.75, 3.05) is 6.54 Å². The maximum absolute atomic E-state index is 8.86. The van der Waals surface area contributed by atoms with Gasteiger partial charge in [-0.25, -0.2) is 0 Å². The summed E-state index contributed by atoms with van der Waals surface area (Å²) < 4.78 is 0. The third-order valence-electron chi connectivity index (χ3n) is 2.65. The zero-order valence-corrected chi connectivity index (χ0v) is 11.8. The SMILES string of the molecule is C=C(/C=C\C(=C)C1=NC/C=C/C(C#N)=C\C=C\N1)CC. The zero-order chi connectivity index (χ0) is 14.8. The molecule has 0 fully saturated rings. The minimum atomic E-state index is 0.497. The number of rotatable bonds is 4. The van der Waals surface area contributed by atoms with Crippen molar-refractivity contribution in [3.63, 3.8) is 0 Å². The van der Waals surface area contributed by atoms with Gasteiger partial charge in [-0.1, -0.05) is 43.9 Å². The summed E-state index contributed by atoms with van der Waals surface area (Å²) in [5, 5.41) is 11.9. The fourth-order valence-corrected chi connectivity index (χ4v) is 1.39. The van der Waals surface area contributed by atoms with Gasteiger partial charge in [0, 0.05) is 11.8 Å². The van der Waals surface area contributed by atoms with E-state index in [0.29, 0.717) is 18.0 Å². The molecule has 3 heteroatoms. The standard InChI is InChI=1S/C17H19N3/c1-4-14(2)9-10-15(3)17-19-11-5-7-16(13-18)8-6-12-20-17/h5-11H,2-4,12H2,1H3,(H,19,20)/b8-6+,10-9-,11-5+,16-7+. The number of hydrogen-bond donors (Lipinski definition) is 1. The normalized spacial score (nSPS) is 20.8. The van der Waals surface area contributed by atoms with Gasteiger partial charge < -0.3 is 5.32 Å². The van der Waals surface area contributed by atoms with Crippen LogP contribution in [0.3, 0.4) is 0 Å². The van der Waals surface area contributed by atoms with Crippen LogP contribution < -0.4 is 5.32 Å². The summed E-state index contributed by atoms with van der Waals surface area (Å²) in [6, 6.07) is 2.10. The summed E-state index contributed by atoms with van der Waals surface area (Å²) in [6.45, 7) is 10.5. The van der Waals surface area contributed by atoms with Crippen LogP contribution in [-0.2, 0) is 0 Å². The first-order chi connectivity index (χ1) is 9.67. The van der Waals surface area contributed by atoms with Gasteiger partial charge in [-0.05, 0) is 24.6 Å². The van der Waals surface area contributed by atoms with Crippen molar-refractivity contribution >= 4 is 5.84 Å². The predicted molar refractivity (Wildman–Crippen MR) is 85.1 cm³/mol. The molecule has 1 aliphatic heterocycles. The van der Waals surface area contributed by atoms with Crippen molar-refractivity contribution < 1.29 is 0 Å². The number of amidine groups is 1. The maximum atomic E-state index is 8.86. The van der Waals surface area contributed by atoms with Crippen LogP contribution in [0, 0.1) is 11.3 Å². The highest BCUT2D eigenvalue weighted by molar-refractivity contribution is 6.00. The van der Waals surface area contributed by atoms with E-state index < -0.39 is 0 Å². The van der Waals surface area contributed by atoms with E-state index in [1.165, 1.54) is 0 Å². The Bertz CT molecular complexity index is 564. The maximum Gasteiger partial charge on any atom is 0.131 e. The molecule has 0 radical (unpaired) electrons. The molecule has 0 bridgehead atoms. The molecule has 0 aliphatic carbocycles. The van der Waals surface area contributed by atoms with Crippen LogP contribution in [0.15, 0.2) is 77.5 Å². The number of hydrogen-bond acceptors (Lipinski definition) is 3. The molecule has 0 aromatic heterocycles. The van der Waals surface area contributed by atoms with Gasteiger partial charge in [-0.15, -0.1) is 0 Å². The van der Waals surface area contributed by atoms with Gasteiger partial charge in [0.15, 0.2) is 0 Å². The summed E-state index contributed by atoms with van der Waals surface area (Å²) in [5.74, 6) is 0.708. The fraction of sp³-hybridized carbons (Fsp3) is 0.176. The predicted octanol–water partition coefficient (Wildman–Crippen LogP) is 3.59. The van der Waals surface area contributed by atoms with E-state index in [0.717, 1.165) is 17.6 Å². The lowest BCUT2D eigenvalue weighted by molar-refractivity contribution is 1.15. The molecule has 1 rings (SSSR count). The molecular formula is C17H19N3. The molecular weight excluding hydrogens is 246 g/mol. The van der Waals surface area contributed by atoms with Gasteiger partial charge in [-0.3, -0.25) is 4.99 Å². The van der Waals surface area contributed by atoms with Gasteiger partial charge in [0.2, 0.25) is 0 Å². The fourth-order valence-electron chi connectivity index (χ4n) is 1.39. The molecule has 0 saturated heterocycles. The van der Waals surface area contributed by atoms with E-state index >= 15 is 0 Å². The van der Waals surface area contributed by atoms with E-state index in [-0.39, 0.29) is 0 Å². The second-order valence-corrected chi connectivity index (χ2v) is 4.20. The number of nitrogens with one attached hydrogen (secondary N) is 1. The Morgan fingerprint density at radius 2 is 2.30 bits per heavy atom. The quantitative estimate of drug-likeness (QED) is 0.790. The van der Waals surface area contributed by atoms with E-state index in [4.69, 9.17) is 5.26 Å². The van der Waals surface area contributed by atoms with Gasteiger partial charge in [0.1, 0.15) is 5.84 Å². The van der Waals surface area contributed by atoms with Crippen LogP contribution >= 0.6 is 0 Å². The molecule has 102 valence electrons. The van der Waals surface area contributed by atoms with Crippen molar-refractivity contribution in [3.8, 4) is 6.07 Å².